The fraction of sp³-hybridized carbons (Fsp3) is 0.167. The number of nitrogens with one attached hydrogen (secondary N) is 1. The summed E-state index contributed by atoms with van der Waals surface area (Å²) in [6, 6.07) is 6.54. The lowest BCUT2D eigenvalue weighted by molar-refractivity contribution is 0.619. The maximum absolute atomic E-state index is 12.9. The first-order valence-electron chi connectivity index (χ1n) is 5.04. The monoisotopic (exact) mass is 217 g/mol. The predicted octanol–water partition coefficient (Wildman–Crippen LogP) is 1.91. The van der Waals surface area contributed by atoms with E-state index in [2.05, 4.69) is 15.3 Å². The van der Waals surface area contributed by atoms with E-state index in [4.69, 9.17) is 0 Å². The Labute approximate surface area is 93.4 Å². The molecular weight excluding hydrogens is 205 g/mol. The van der Waals surface area contributed by atoms with Crippen molar-refractivity contribution in [3.05, 3.63) is 59.9 Å². The summed E-state index contributed by atoms with van der Waals surface area (Å²) in [5, 5.41) is 3.18. The van der Waals surface area contributed by atoms with Gasteiger partial charge in [-0.15, -0.1) is 0 Å². The van der Waals surface area contributed by atoms with Gasteiger partial charge in [0.25, 0.3) is 0 Å². The number of aromatic nitrogens is 2. The highest BCUT2D eigenvalue weighted by atomic mass is 19.1. The van der Waals surface area contributed by atoms with E-state index in [0.717, 1.165) is 11.3 Å². The quantitative estimate of drug-likeness (QED) is 0.850. The zero-order valence-corrected chi connectivity index (χ0v) is 8.73. The van der Waals surface area contributed by atoms with Crippen LogP contribution in [0.3, 0.4) is 0 Å². The highest BCUT2D eigenvalue weighted by Gasteiger charge is 1.96. The molecule has 0 aliphatic rings. The standard InChI is InChI=1S/C12H12FN3/c13-11-3-1-2-10(6-11)7-15-9-12-8-14-4-5-16-12/h1-6,8,15H,7,9H2. The third-order valence-electron chi connectivity index (χ3n) is 2.14. The van der Waals surface area contributed by atoms with Crippen molar-refractivity contribution < 1.29 is 4.39 Å². The zero-order chi connectivity index (χ0) is 11.2. The van der Waals surface area contributed by atoms with E-state index in [-0.39, 0.29) is 5.82 Å². The van der Waals surface area contributed by atoms with Crippen LogP contribution in [0.15, 0.2) is 42.9 Å². The Morgan fingerprint density at radius 3 is 2.88 bits per heavy atom. The smallest absolute Gasteiger partial charge is 0.123 e. The van der Waals surface area contributed by atoms with Crippen LogP contribution >= 0.6 is 0 Å². The van der Waals surface area contributed by atoms with Gasteiger partial charge < -0.3 is 5.32 Å². The number of hydrogen-bond acceptors (Lipinski definition) is 3. The molecule has 0 aliphatic carbocycles. The second-order valence-electron chi connectivity index (χ2n) is 3.43. The van der Waals surface area contributed by atoms with E-state index >= 15 is 0 Å². The summed E-state index contributed by atoms with van der Waals surface area (Å²) < 4.78 is 12.9. The normalized spacial score (nSPS) is 10.3. The Bertz CT molecular complexity index is 445. The lowest BCUT2D eigenvalue weighted by Gasteiger charge is -2.04. The van der Waals surface area contributed by atoms with Crippen LogP contribution in [0.25, 0.3) is 0 Å². The van der Waals surface area contributed by atoms with Crippen molar-refractivity contribution in [3.8, 4) is 0 Å². The van der Waals surface area contributed by atoms with Crippen molar-refractivity contribution in [1.82, 2.24) is 15.3 Å². The van der Waals surface area contributed by atoms with Crippen molar-refractivity contribution in [2.24, 2.45) is 0 Å². The molecule has 82 valence electrons. The minimum Gasteiger partial charge on any atom is -0.307 e. The van der Waals surface area contributed by atoms with Gasteiger partial charge in [-0.25, -0.2) is 4.39 Å². The summed E-state index contributed by atoms with van der Waals surface area (Å²) >= 11 is 0. The van der Waals surface area contributed by atoms with Crippen LogP contribution in [0.2, 0.25) is 0 Å². The molecule has 1 aromatic carbocycles. The molecule has 0 radical (unpaired) electrons. The van der Waals surface area contributed by atoms with Gasteiger partial charge in [-0.3, -0.25) is 9.97 Å². The highest BCUT2D eigenvalue weighted by molar-refractivity contribution is 5.16. The maximum atomic E-state index is 12.9. The van der Waals surface area contributed by atoms with Crippen molar-refractivity contribution in [3.63, 3.8) is 0 Å². The summed E-state index contributed by atoms with van der Waals surface area (Å²) in [5.74, 6) is -0.209. The molecule has 16 heavy (non-hydrogen) atoms. The third kappa shape index (κ3) is 3.10. The molecule has 2 rings (SSSR count). The highest BCUT2D eigenvalue weighted by Crippen LogP contribution is 2.03. The van der Waals surface area contributed by atoms with Gasteiger partial charge in [-0.1, -0.05) is 12.1 Å². The Morgan fingerprint density at radius 1 is 1.19 bits per heavy atom. The van der Waals surface area contributed by atoms with Gasteiger partial charge in [-0.2, -0.15) is 0 Å². The molecule has 4 heteroatoms. The van der Waals surface area contributed by atoms with Gasteiger partial charge >= 0.3 is 0 Å². The molecule has 1 N–H and O–H groups in total. The molecule has 0 spiro atoms. The largest absolute Gasteiger partial charge is 0.307 e. The van der Waals surface area contributed by atoms with E-state index < -0.39 is 0 Å². The third-order valence-corrected chi connectivity index (χ3v) is 2.14. The van der Waals surface area contributed by atoms with Gasteiger partial charge in [0, 0.05) is 31.7 Å². The molecule has 0 fully saturated rings. The van der Waals surface area contributed by atoms with E-state index in [0.29, 0.717) is 13.1 Å². The second kappa shape index (κ2) is 5.32. The molecule has 0 unspecified atom stereocenters. The molecule has 0 bridgehead atoms. The Hall–Kier alpha value is -1.81. The van der Waals surface area contributed by atoms with E-state index in [1.54, 1.807) is 24.7 Å². The summed E-state index contributed by atoms with van der Waals surface area (Å²) in [6.45, 7) is 1.25. The second-order valence-corrected chi connectivity index (χ2v) is 3.43. The van der Waals surface area contributed by atoms with Crippen LogP contribution in [0.1, 0.15) is 11.3 Å². The summed E-state index contributed by atoms with van der Waals surface area (Å²) in [4.78, 5) is 8.09. The minimum absolute atomic E-state index is 0.209. The van der Waals surface area contributed by atoms with Crippen molar-refractivity contribution in [2.75, 3.05) is 0 Å². The molecule has 0 amide bonds. The van der Waals surface area contributed by atoms with E-state index in [9.17, 15) is 4.39 Å². The molecule has 0 atom stereocenters. The molecule has 0 aliphatic heterocycles. The SMILES string of the molecule is Fc1cccc(CNCc2cnccn2)c1. The first-order valence-corrected chi connectivity index (χ1v) is 5.04. The summed E-state index contributed by atoms with van der Waals surface area (Å²) in [5.41, 5.74) is 1.79. The van der Waals surface area contributed by atoms with Gasteiger partial charge in [-0.05, 0) is 17.7 Å². The number of hydrogen-bond donors (Lipinski definition) is 1. The molecule has 1 aromatic heterocycles. The van der Waals surface area contributed by atoms with Crippen LogP contribution in [0.4, 0.5) is 4.39 Å². The van der Waals surface area contributed by atoms with Crippen LogP contribution in [0.5, 0.6) is 0 Å². The fourth-order valence-corrected chi connectivity index (χ4v) is 1.40. The lowest BCUT2D eigenvalue weighted by atomic mass is 10.2. The fourth-order valence-electron chi connectivity index (χ4n) is 1.40. The number of rotatable bonds is 4. The summed E-state index contributed by atoms with van der Waals surface area (Å²) in [7, 11) is 0. The number of nitrogens with zero attached hydrogens (tertiary/aromatic N) is 2. The Balaban J connectivity index is 1.85. The molecule has 2 aromatic rings. The average Bonchev–Trinajstić information content (AvgIpc) is 2.30. The first-order chi connectivity index (χ1) is 7.84. The van der Waals surface area contributed by atoms with Crippen molar-refractivity contribution in [1.29, 1.82) is 0 Å². The molecule has 1 heterocycles. The first kappa shape index (κ1) is 10.7. The zero-order valence-electron chi connectivity index (χ0n) is 8.73. The topological polar surface area (TPSA) is 37.8 Å². The van der Waals surface area contributed by atoms with Gasteiger partial charge in [0.15, 0.2) is 0 Å². The molecule has 3 nitrogen and oxygen atoms in total. The Kier molecular flexibility index (Phi) is 3.56. The molecule has 0 saturated carbocycles. The van der Waals surface area contributed by atoms with Crippen LogP contribution < -0.4 is 5.32 Å². The lowest BCUT2D eigenvalue weighted by Crippen LogP contribution is -2.13. The van der Waals surface area contributed by atoms with Crippen molar-refractivity contribution in [2.45, 2.75) is 13.1 Å². The minimum atomic E-state index is -0.209. The van der Waals surface area contributed by atoms with Crippen LogP contribution in [0, 0.1) is 5.82 Å². The Morgan fingerprint density at radius 2 is 2.12 bits per heavy atom. The van der Waals surface area contributed by atoms with Gasteiger partial charge in [0.05, 0.1) is 5.69 Å². The van der Waals surface area contributed by atoms with Crippen molar-refractivity contribution >= 4 is 0 Å². The predicted molar refractivity (Wildman–Crippen MR) is 59.0 cm³/mol. The van der Waals surface area contributed by atoms with Gasteiger partial charge in [0.1, 0.15) is 5.82 Å². The molecular formula is C12H12FN3. The van der Waals surface area contributed by atoms with Crippen LogP contribution in [-0.2, 0) is 13.1 Å². The maximum Gasteiger partial charge on any atom is 0.123 e. The van der Waals surface area contributed by atoms with E-state index in [1.807, 2.05) is 6.07 Å². The van der Waals surface area contributed by atoms with Crippen LogP contribution in [-0.4, -0.2) is 9.97 Å². The summed E-state index contributed by atoms with van der Waals surface area (Å²) in [6.07, 6.45) is 4.99. The van der Waals surface area contributed by atoms with E-state index in [1.165, 1.54) is 12.1 Å². The van der Waals surface area contributed by atoms with Gasteiger partial charge in [0.2, 0.25) is 0 Å². The number of benzene rings is 1. The molecule has 0 saturated heterocycles. The average molecular weight is 217 g/mol. The number of halogens is 1.